The molecule has 2 aromatic rings. The zero-order chi connectivity index (χ0) is 20.2. The maximum absolute atomic E-state index is 12.2. The number of sulfonamides is 1. The van der Waals surface area contributed by atoms with Crippen LogP contribution in [-0.4, -0.2) is 19.2 Å². The number of benzene rings is 2. The Labute approximate surface area is 161 Å². The molecule has 0 aliphatic carbocycles. The van der Waals surface area contributed by atoms with E-state index in [1.54, 1.807) is 18.2 Å². The van der Waals surface area contributed by atoms with Crippen LogP contribution < -0.4 is 10.3 Å². The van der Waals surface area contributed by atoms with Gasteiger partial charge in [0.15, 0.2) is 0 Å². The van der Waals surface area contributed by atoms with Gasteiger partial charge in [-0.25, -0.2) is 8.42 Å². The van der Waals surface area contributed by atoms with Crippen LogP contribution in [0.15, 0.2) is 47.4 Å². The second-order valence-corrected chi connectivity index (χ2v) is 7.73. The number of nitrogens with zero attached hydrogens (tertiary/aromatic N) is 1. The van der Waals surface area contributed by atoms with Gasteiger partial charge in [-0.15, -0.1) is 4.83 Å². The van der Waals surface area contributed by atoms with Gasteiger partial charge in [-0.2, -0.15) is 0 Å². The van der Waals surface area contributed by atoms with Crippen LogP contribution in [0.2, 0.25) is 5.02 Å². The summed E-state index contributed by atoms with van der Waals surface area (Å²) < 4.78 is 24.4. The van der Waals surface area contributed by atoms with Gasteiger partial charge >= 0.3 is 0 Å². The number of hydrogen-bond donors (Lipinski definition) is 2. The standard InChI is InChI=1S/C17H16ClN3O5S/c1-11-3-5-13(9-15(11)18)6-8-17(22)19-20-27(25,26)14-7-4-12(2)16(10-14)21(23)24/h3-10,20H,1-2H3,(H,19,22)/b8-6+. The van der Waals surface area contributed by atoms with Crippen molar-refractivity contribution in [3.8, 4) is 0 Å². The lowest BCUT2D eigenvalue weighted by atomic mass is 10.1. The van der Waals surface area contributed by atoms with Crippen LogP contribution in [0.1, 0.15) is 16.7 Å². The number of aryl methyl sites for hydroxylation is 2. The fourth-order valence-electron chi connectivity index (χ4n) is 2.06. The van der Waals surface area contributed by atoms with E-state index in [4.69, 9.17) is 11.6 Å². The predicted molar refractivity (Wildman–Crippen MR) is 102 cm³/mol. The van der Waals surface area contributed by atoms with Crippen LogP contribution in [0, 0.1) is 24.0 Å². The van der Waals surface area contributed by atoms with E-state index in [2.05, 4.69) is 0 Å². The zero-order valence-electron chi connectivity index (χ0n) is 14.4. The summed E-state index contributed by atoms with van der Waals surface area (Å²) in [5.74, 6) is -0.725. The van der Waals surface area contributed by atoms with E-state index in [0.717, 1.165) is 17.7 Å². The summed E-state index contributed by atoms with van der Waals surface area (Å²) in [5.41, 5.74) is 3.56. The zero-order valence-corrected chi connectivity index (χ0v) is 16.0. The minimum Gasteiger partial charge on any atom is -0.274 e. The molecule has 2 N–H and O–H groups in total. The normalized spacial score (nSPS) is 11.5. The van der Waals surface area contributed by atoms with Crippen molar-refractivity contribution in [1.29, 1.82) is 0 Å². The lowest BCUT2D eigenvalue weighted by molar-refractivity contribution is -0.385. The Balaban J connectivity index is 2.07. The lowest BCUT2D eigenvalue weighted by Gasteiger charge is -2.07. The van der Waals surface area contributed by atoms with Crippen molar-refractivity contribution in [2.75, 3.05) is 0 Å². The van der Waals surface area contributed by atoms with E-state index in [1.807, 2.05) is 17.2 Å². The molecule has 0 unspecified atom stereocenters. The molecule has 8 nitrogen and oxygen atoms in total. The second-order valence-electron chi connectivity index (χ2n) is 5.64. The van der Waals surface area contributed by atoms with E-state index in [0.29, 0.717) is 16.1 Å². The summed E-state index contributed by atoms with van der Waals surface area (Å²) >= 11 is 5.99. The summed E-state index contributed by atoms with van der Waals surface area (Å²) in [4.78, 5) is 23.6. The molecular formula is C17H16ClN3O5S. The van der Waals surface area contributed by atoms with Crippen LogP contribution in [0.4, 0.5) is 5.69 Å². The molecule has 0 atom stereocenters. The van der Waals surface area contributed by atoms with Crippen molar-refractivity contribution in [3.05, 3.63) is 74.3 Å². The van der Waals surface area contributed by atoms with Crippen molar-refractivity contribution in [3.63, 3.8) is 0 Å². The van der Waals surface area contributed by atoms with Crippen LogP contribution in [0.5, 0.6) is 0 Å². The number of rotatable bonds is 6. The highest BCUT2D eigenvalue weighted by Gasteiger charge is 2.20. The third-order valence-electron chi connectivity index (χ3n) is 3.62. The van der Waals surface area contributed by atoms with Crippen molar-refractivity contribution in [2.45, 2.75) is 18.7 Å². The first-order valence-electron chi connectivity index (χ1n) is 7.61. The largest absolute Gasteiger partial charge is 0.274 e. The fraction of sp³-hybridized carbons (Fsp3) is 0.118. The molecule has 0 aromatic heterocycles. The quantitative estimate of drug-likeness (QED) is 0.432. The van der Waals surface area contributed by atoms with E-state index in [1.165, 1.54) is 25.1 Å². The minimum absolute atomic E-state index is 0.322. The number of nitrogens with one attached hydrogen (secondary N) is 2. The SMILES string of the molecule is Cc1ccc(/C=C/C(=O)NNS(=O)(=O)c2ccc(C)c([N+](=O)[O-])c2)cc1Cl. The number of halogens is 1. The second kappa shape index (κ2) is 8.30. The first kappa shape index (κ1) is 20.6. The van der Waals surface area contributed by atoms with Crippen molar-refractivity contribution >= 4 is 39.3 Å². The number of carbonyl (C=O) groups is 1. The molecule has 1 amide bonds. The van der Waals surface area contributed by atoms with Gasteiger partial charge in [-0.1, -0.05) is 29.8 Å². The number of amides is 1. The molecule has 2 rings (SSSR count). The summed E-state index contributed by atoms with van der Waals surface area (Å²) in [7, 11) is -4.16. The van der Waals surface area contributed by atoms with Gasteiger partial charge in [0.25, 0.3) is 21.6 Å². The van der Waals surface area contributed by atoms with E-state index in [9.17, 15) is 23.3 Å². The van der Waals surface area contributed by atoms with Gasteiger partial charge in [0.1, 0.15) is 0 Å². The molecule has 0 aliphatic rings. The Morgan fingerprint density at radius 1 is 1.15 bits per heavy atom. The first-order chi connectivity index (χ1) is 12.6. The van der Waals surface area contributed by atoms with Gasteiger partial charge in [-0.3, -0.25) is 20.3 Å². The smallest absolute Gasteiger partial charge is 0.273 e. The molecule has 0 bridgehead atoms. The van der Waals surface area contributed by atoms with Gasteiger partial charge < -0.3 is 0 Å². The van der Waals surface area contributed by atoms with E-state index >= 15 is 0 Å². The number of carbonyl (C=O) groups excluding carboxylic acids is 1. The summed E-state index contributed by atoms with van der Waals surface area (Å²) in [6, 6.07) is 8.65. The minimum atomic E-state index is -4.16. The Morgan fingerprint density at radius 2 is 1.81 bits per heavy atom. The Morgan fingerprint density at radius 3 is 2.44 bits per heavy atom. The Bertz CT molecular complexity index is 1030. The molecule has 27 heavy (non-hydrogen) atoms. The lowest BCUT2D eigenvalue weighted by Crippen LogP contribution is -2.40. The third kappa shape index (κ3) is 5.36. The molecule has 0 fully saturated rings. The molecule has 10 heteroatoms. The third-order valence-corrected chi connectivity index (χ3v) is 5.27. The predicted octanol–water partition coefficient (Wildman–Crippen LogP) is 2.89. The van der Waals surface area contributed by atoms with E-state index in [-0.39, 0.29) is 10.6 Å². The molecule has 0 saturated heterocycles. The maximum Gasteiger partial charge on any atom is 0.273 e. The van der Waals surface area contributed by atoms with Gasteiger partial charge in [0.2, 0.25) is 0 Å². The molecule has 0 aliphatic heterocycles. The molecular weight excluding hydrogens is 394 g/mol. The van der Waals surface area contributed by atoms with Crippen molar-refractivity contribution in [1.82, 2.24) is 10.3 Å². The number of hydrogen-bond acceptors (Lipinski definition) is 5. The maximum atomic E-state index is 12.2. The summed E-state index contributed by atoms with van der Waals surface area (Å²) in [5, 5.41) is 11.5. The van der Waals surface area contributed by atoms with Crippen LogP contribution >= 0.6 is 11.6 Å². The molecule has 0 spiro atoms. The van der Waals surface area contributed by atoms with Crippen molar-refractivity contribution in [2.24, 2.45) is 0 Å². The van der Waals surface area contributed by atoms with Crippen molar-refractivity contribution < 1.29 is 18.1 Å². The molecule has 0 saturated carbocycles. The molecule has 0 radical (unpaired) electrons. The summed E-state index contributed by atoms with van der Waals surface area (Å²) in [6.45, 7) is 3.33. The Hall–Kier alpha value is -2.75. The van der Waals surface area contributed by atoms with Gasteiger partial charge in [0.05, 0.1) is 9.82 Å². The fourth-order valence-corrected chi connectivity index (χ4v) is 3.11. The Kier molecular flexibility index (Phi) is 6.32. The van der Waals surface area contributed by atoms with Crippen LogP contribution in [0.25, 0.3) is 6.08 Å². The topological polar surface area (TPSA) is 118 Å². The monoisotopic (exact) mass is 409 g/mol. The number of nitro benzene ring substituents is 1. The average Bonchev–Trinajstić information content (AvgIpc) is 2.61. The molecule has 142 valence electrons. The summed E-state index contributed by atoms with van der Waals surface area (Å²) in [6.07, 6.45) is 2.59. The van der Waals surface area contributed by atoms with Gasteiger partial charge in [0, 0.05) is 22.7 Å². The highest BCUT2D eigenvalue weighted by molar-refractivity contribution is 7.89. The highest BCUT2D eigenvalue weighted by atomic mass is 35.5. The number of nitro groups is 1. The highest BCUT2D eigenvalue weighted by Crippen LogP contribution is 2.22. The van der Waals surface area contributed by atoms with Gasteiger partial charge in [-0.05, 0) is 43.2 Å². The molecule has 0 heterocycles. The first-order valence-corrected chi connectivity index (χ1v) is 9.47. The molecule has 2 aromatic carbocycles. The van der Waals surface area contributed by atoms with E-state index < -0.39 is 20.9 Å². The van der Waals surface area contributed by atoms with Crippen LogP contribution in [0.3, 0.4) is 0 Å². The number of hydrazine groups is 1. The van der Waals surface area contributed by atoms with Crippen LogP contribution in [-0.2, 0) is 14.8 Å². The average molecular weight is 410 g/mol.